The van der Waals surface area contributed by atoms with Gasteiger partial charge in [-0.05, 0) is 23.1 Å². The fraction of sp³-hybridized carbons (Fsp3) is 0.350. The van der Waals surface area contributed by atoms with Crippen LogP contribution in [-0.2, 0) is 21.0 Å². The molecule has 1 aliphatic heterocycles. The Kier molecular flexibility index (Phi) is 10.3. The highest BCUT2D eigenvalue weighted by molar-refractivity contribution is 14.2. The topological polar surface area (TPSA) is 100 Å². The maximum atomic E-state index is 15.1. The van der Waals surface area contributed by atoms with E-state index in [2.05, 4.69) is 5.32 Å². The number of benzene rings is 1. The molecule has 0 aliphatic carbocycles. The minimum absolute atomic E-state index is 0.0605. The molecule has 12 heteroatoms. The Labute approximate surface area is 192 Å². The van der Waals surface area contributed by atoms with Crippen LogP contribution in [0.2, 0.25) is 0 Å². The summed E-state index contributed by atoms with van der Waals surface area (Å²) in [5.41, 5.74) is 0.534. The Morgan fingerprint density at radius 1 is 1.22 bits per heavy atom. The summed E-state index contributed by atoms with van der Waals surface area (Å²) in [7, 11) is 0. The van der Waals surface area contributed by atoms with Crippen LogP contribution >= 0.6 is 20.7 Å². The number of hydrogen-bond acceptors (Lipinski definition) is 6. The van der Waals surface area contributed by atoms with Crippen molar-refractivity contribution in [2.75, 3.05) is 25.1 Å². The van der Waals surface area contributed by atoms with Crippen molar-refractivity contribution < 1.29 is 37.5 Å². The molecule has 0 saturated carbocycles. The van der Waals surface area contributed by atoms with Gasteiger partial charge in [-0.25, -0.2) is 23.7 Å². The van der Waals surface area contributed by atoms with Crippen LogP contribution in [0.5, 0.6) is 0 Å². The van der Waals surface area contributed by atoms with E-state index < -0.39 is 74.4 Å². The first-order valence-corrected chi connectivity index (χ1v) is 12.1. The number of amides is 2. The fourth-order valence-corrected chi connectivity index (χ4v) is 4.00. The van der Waals surface area contributed by atoms with E-state index in [9.17, 15) is 18.4 Å². The van der Waals surface area contributed by atoms with Gasteiger partial charge in [-0.2, -0.15) is 0 Å². The van der Waals surface area contributed by atoms with Gasteiger partial charge >= 0.3 is 0 Å². The quantitative estimate of drug-likeness (QED) is 0.215. The lowest BCUT2D eigenvalue weighted by Gasteiger charge is -2.22. The number of rotatable bonds is 11. The Bertz CT molecular complexity index is 953. The molecule has 0 radical (unpaired) electrons. The Hall–Kier alpha value is -2.29. The third-order valence-electron chi connectivity index (χ3n) is 4.04. The number of hydroxylamine groups is 3. The second-order valence-corrected chi connectivity index (χ2v) is 8.27. The molecule has 0 fully saturated rings. The van der Waals surface area contributed by atoms with Crippen LogP contribution in [0.1, 0.15) is 36.2 Å². The van der Waals surface area contributed by atoms with E-state index in [1.165, 1.54) is 10.1 Å². The Morgan fingerprint density at radius 3 is 2.59 bits per heavy atom. The van der Waals surface area contributed by atoms with Crippen LogP contribution in [0, 0.1) is 11.6 Å². The van der Waals surface area contributed by atoms with Crippen LogP contribution in [0.15, 0.2) is 27.7 Å². The van der Waals surface area contributed by atoms with E-state index in [1.807, 2.05) is 5.48 Å². The maximum absolute atomic E-state index is 15.1. The monoisotopic (exact) mass is 569 g/mol. The fourth-order valence-electron chi connectivity index (χ4n) is 2.57. The highest BCUT2D eigenvalue weighted by atomic mass is 127. The van der Waals surface area contributed by atoms with Crippen LogP contribution in [0.25, 0.3) is 0 Å². The average molecular weight is 569 g/mol. The third-order valence-corrected chi connectivity index (χ3v) is 5.72. The lowest BCUT2D eigenvalue weighted by atomic mass is 10.1. The van der Waals surface area contributed by atoms with Gasteiger partial charge in [-0.1, -0.05) is 27.7 Å². The summed E-state index contributed by atoms with van der Waals surface area (Å²) in [6.45, 7) is 2.21. The molecule has 2 rings (SSSR count). The average Bonchev–Trinajstić information content (AvgIpc) is 2.79. The van der Waals surface area contributed by atoms with E-state index in [4.69, 9.17) is 14.8 Å². The number of carbonyl (C=O) groups is 2. The number of hydrogen-bond donors (Lipinski definition) is 3. The van der Waals surface area contributed by atoms with Gasteiger partial charge in [0.1, 0.15) is 0 Å². The summed E-state index contributed by atoms with van der Waals surface area (Å²) in [6.07, 6.45) is 1.44. The predicted octanol–water partition coefficient (Wildman–Crippen LogP) is 3.20. The zero-order valence-corrected chi connectivity index (χ0v) is 19.5. The van der Waals surface area contributed by atoms with Gasteiger partial charge in [0.2, 0.25) is 5.91 Å². The van der Waals surface area contributed by atoms with Crippen LogP contribution in [0.3, 0.4) is 0 Å². The second-order valence-electron chi connectivity index (χ2n) is 6.21. The summed E-state index contributed by atoms with van der Waals surface area (Å²) in [5.74, 6) is -4.86. The molecule has 1 aliphatic rings. The van der Waals surface area contributed by atoms with Gasteiger partial charge in [0, 0.05) is 16.0 Å². The molecular formula is C20H23F3IN3O5. The molecular weight excluding hydrogens is 546 g/mol. The Balaban J connectivity index is 2.51. The number of aliphatic hydroxyl groups excluding tert-OH is 1. The molecule has 1 aromatic rings. The summed E-state index contributed by atoms with van der Waals surface area (Å²) in [6, 6.07) is 1.02. The number of halogens is 4. The Morgan fingerprint density at radius 2 is 1.97 bits per heavy atom. The van der Waals surface area contributed by atoms with E-state index in [-0.39, 0.29) is 30.9 Å². The van der Waals surface area contributed by atoms with E-state index >= 15 is 4.39 Å². The van der Waals surface area contributed by atoms with E-state index in [0.29, 0.717) is 0 Å². The lowest BCUT2D eigenvalue weighted by molar-refractivity contribution is -0.188. The molecule has 0 spiro atoms. The number of nitrogens with zero attached hydrogens (tertiary/aromatic N) is 1. The SMILES string of the molecule is CCON(Cc1cc(C(=O)NOCCO)c(NC2=C(F)C=IC=C2)c(F)c1F)C(=O)CC. The van der Waals surface area contributed by atoms with Gasteiger partial charge in [0.15, 0.2) is 17.5 Å². The predicted molar refractivity (Wildman–Crippen MR) is 120 cm³/mol. The first kappa shape index (κ1) is 26.0. The normalized spacial score (nSPS) is 13.1. The standard InChI is InChI=1S/C20H23F3IN3O5/c1-3-16(29)27(32-4-2)11-12-9-13(20(30)26-31-8-7-28)19(18(23)17(12)22)25-15-5-6-24-10-14(15)21/h5-6,9-10,25,28H,3-4,7-8,11H2,1-2H3,(H,26,30). The molecule has 8 nitrogen and oxygen atoms in total. The molecule has 0 saturated heterocycles. The molecule has 0 aromatic heterocycles. The molecule has 3 N–H and O–H groups in total. The zero-order chi connectivity index (χ0) is 23.7. The lowest BCUT2D eigenvalue weighted by Crippen LogP contribution is -2.31. The first-order chi connectivity index (χ1) is 15.3. The molecule has 0 unspecified atom stereocenters. The number of carbonyl (C=O) groups excluding carboxylic acids is 2. The minimum Gasteiger partial charge on any atom is -0.394 e. The summed E-state index contributed by atoms with van der Waals surface area (Å²) in [4.78, 5) is 34.6. The van der Waals surface area contributed by atoms with Crippen molar-refractivity contribution in [3.05, 3.63) is 50.5 Å². The first-order valence-electron chi connectivity index (χ1n) is 9.59. The van der Waals surface area contributed by atoms with Crippen molar-refractivity contribution in [2.45, 2.75) is 26.8 Å². The van der Waals surface area contributed by atoms with Gasteiger partial charge in [-0.15, -0.1) is 0 Å². The van der Waals surface area contributed by atoms with Gasteiger partial charge in [0.25, 0.3) is 5.91 Å². The maximum Gasteiger partial charge on any atom is 0.277 e. The van der Waals surface area contributed by atoms with Gasteiger partial charge < -0.3 is 10.4 Å². The van der Waals surface area contributed by atoms with Crippen molar-refractivity contribution in [1.82, 2.24) is 10.5 Å². The number of aliphatic hydroxyl groups is 1. The minimum atomic E-state index is -1.44. The largest absolute Gasteiger partial charge is 0.394 e. The van der Waals surface area contributed by atoms with Crippen molar-refractivity contribution in [3.8, 4) is 0 Å². The highest BCUT2D eigenvalue weighted by Crippen LogP contribution is 2.30. The highest BCUT2D eigenvalue weighted by Gasteiger charge is 2.26. The smallest absolute Gasteiger partial charge is 0.277 e. The molecule has 0 bridgehead atoms. The molecule has 176 valence electrons. The van der Waals surface area contributed by atoms with Crippen LogP contribution in [-0.4, -0.2) is 45.8 Å². The summed E-state index contributed by atoms with van der Waals surface area (Å²) < 4.78 is 47.1. The van der Waals surface area contributed by atoms with Crippen LogP contribution < -0.4 is 10.8 Å². The van der Waals surface area contributed by atoms with Crippen LogP contribution in [0.4, 0.5) is 18.9 Å². The van der Waals surface area contributed by atoms with Gasteiger partial charge in [-0.3, -0.25) is 19.3 Å². The van der Waals surface area contributed by atoms with E-state index in [0.717, 1.165) is 11.1 Å². The summed E-state index contributed by atoms with van der Waals surface area (Å²) >= 11 is -0.623. The molecule has 2 amide bonds. The molecule has 1 aromatic carbocycles. The molecule has 32 heavy (non-hydrogen) atoms. The zero-order valence-electron chi connectivity index (χ0n) is 17.4. The van der Waals surface area contributed by atoms with Crippen molar-refractivity contribution in [2.24, 2.45) is 0 Å². The van der Waals surface area contributed by atoms with Crippen molar-refractivity contribution in [3.63, 3.8) is 0 Å². The van der Waals surface area contributed by atoms with Crippen molar-refractivity contribution in [1.29, 1.82) is 0 Å². The number of nitrogens with one attached hydrogen (secondary N) is 2. The van der Waals surface area contributed by atoms with E-state index in [1.54, 1.807) is 17.9 Å². The molecule has 1 heterocycles. The summed E-state index contributed by atoms with van der Waals surface area (Å²) in [5, 5.41) is 12.1. The third kappa shape index (κ3) is 6.60. The molecule has 0 atom stereocenters. The second kappa shape index (κ2) is 12.7. The van der Waals surface area contributed by atoms with Gasteiger partial charge in [0.05, 0.1) is 43.3 Å². The number of anilines is 1. The number of allylic oxidation sites excluding steroid dienone is 2. The van der Waals surface area contributed by atoms with Crippen molar-refractivity contribution >= 4 is 42.2 Å².